The van der Waals surface area contributed by atoms with Crippen LogP contribution in [0.2, 0.25) is 0 Å². The molecule has 1 unspecified atom stereocenters. The van der Waals surface area contributed by atoms with Crippen LogP contribution in [0.15, 0.2) is 36.4 Å². The van der Waals surface area contributed by atoms with Gasteiger partial charge in [-0.25, -0.2) is 0 Å². The van der Waals surface area contributed by atoms with E-state index >= 15 is 0 Å². The predicted octanol–water partition coefficient (Wildman–Crippen LogP) is 6.80. The number of hydrogen-bond donors (Lipinski definition) is 2. The molecule has 0 aliphatic carbocycles. The second-order valence-corrected chi connectivity index (χ2v) is 10.2. The molecule has 1 atom stereocenters. The van der Waals surface area contributed by atoms with Crippen LogP contribution in [0, 0.1) is 0 Å². The zero-order valence-electron chi connectivity index (χ0n) is 22.2. The van der Waals surface area contributed by atoms with Crippen molar-refractivity contribution in [1.29, 1.82) is 0 Å². The number of carbonyl (C=O) groups excluding carboxylic acids is 2. The Labute approximate surface area is 208 Å². The fourth-order valence-electron chi connectivity index (χ4n) is 3.64. The number of hydrogen-bond acceptors (Lipinski definition) is 4. The molecule has 0 heterocycles. The number of benzene rings is 2. The molecule has 2 rings (SSSR count). The summed E-state index contributed by atoms with van der Waals surface area (Å²) in [6, 6.07) is 9.84. The average molecular weight is 487 g/mol. The Bertz CT molecular complexity index is 1060. The molecule has 0 fully saturated rings. The largest absolute Gasteiger partial charge is 0.508 e. The van der Waals surface area contributed by atoms with Gasteiger partial charge in [-0.1, -0.05) is 65.1 Å². The molecule has 0 bridgehead atoms. The third kappa shape index (κ3) is 6.74. The molecule has 2 N–H and O–H groups in total. The minimum absolute atomic E-state index is 0.00975. The van der Waals surface area contributed by atoms with Gasteiger partial charge in [0.05, 0.1) is 5.69 Å². The van der Waals surface area contributed by atoms with Crippen molar-refractivity contribution in [3.05, 3.63) is 47.5 Å². The first-order valence-corrected chi connectivity index (χ1v) is 12.2. The second-order valence-electron chi connectivity index (χ2n) is 10.2. The first-order chi connectivity index (χ1) is 16.2. The van der Waals surface area contributed by atoms with E-state index in [9.17, 15) is 19.2 Å². The molecule has 0 aliphatic rings. The molecule has 2 amide bonds. The number of rotatable bonds is 10. The van der Waals surface area contributed by atoms with E-state index in [2.05, 4.69) is 59.0 Å². The highest BCUT2D eigenvalue weighted by Crippen LogP contribution is 2.39. The lowest BCUT2D eigenvalue weighted by atomic mass is 9.76. The van der Waals surface area contributed by atoms with Crippen molar-refractivity contribution >= 4 is 23.2 Å². The minimum atomic E-state index is -0.844. The maximum Gasteiger partial charge on any atom is 0.265 e. The lowest BCUT2D eigenvalue weighted by Crippen LogP contribution is -2.33. The summed E-state index contributed by atoms with van der Waals surface area (Å²) in [4.78, 5) is 24.4. The quantitative estimate of drug-likeness (QED) is 0.362. The molecule has 2 aromatic rings. The van der Waals surface area contributed by atoms with Crippen molar-refractivity contribution < 1.29 is 23.9 Å². The molecule has 0 aromatic heterocycles. The van der Waals surface area contributed by atoms with E-state index in [0.717, 1.165) is 31.4 Å². The van der Waals surface area contributed by atoms with Crippen molar-refractivity contribution in [3.8, 4) is 11.5 Å². The van der Waals surface area contributed by atoms with Crippen LogP contribution in [-0.4, -0.2) is 23.0 Å². The van der Waals surface area contributed by atoms with Gasteiger partial charge in [0.25, 0.3) is 11.8 Å². The Kier molecular flexibility index (Phi) is 8.93. The van der Waals surface area contributed by atoms with Crippen LogP contribution in [0.1, 0.15) is 85.8 Å². The molecule has 0 spiro atoms. The Morgan fingerprint density at radius 2 is 1.66 bits per heavy atom. The first-order valence-electron chi connectivity index (χ1n) is 12.2. The monoisotopic (exact) mass is 486 g/mol. The summed E-state index contributed by atoms with van der Waals surface area (Å²) in [7, 11) is 0. The predicted molar refractivity (Wildman–Crippen MR) is 139 cm³/mol. The van der Waals surface area contributed by atoms with E-state index in [1.165, 1.54) is 17.7 Å². The number of ether oxygens (including phenoxy) is 1. The highest BCUT2D eigenvalue weighted by molar-refractivity contribution is 5.96. The molecule has 192 valence electrons. The molecule has 0 radical (unpaired) electrons. The van der Waals surface area contributed by atoms with Gasteiger partial charge in [0, 0.05) is 30.3 Å². The highest BCUT2D eigenvalue weighted by atomic mass is 19.2. The van der Waals surface area contributed by atoms with Crippen molar-refractivity contribution in [2.24, 2.45) is 0 Å². The fraction of sp³-hybridized carbons (Fsp3) is 0.500. The number of halogens is 1. The van der Waals surface area contributed by atoms with Gasteiger partial charge in [-0.15, -0.1) is 5.12 Å². The molecule has 2 aromatic carbocycles. The van der Waals surface area contributed by atoms with E-state index in [4.69, 9.17) is 4.74 Å². The summed E-state index contributed by atoms with van der Waals surface area (Å²) in [6.45, 7) is 15.9. The van der Waals surface area contributed by atoms with E-state index in [0.29, 0.717) is 12.2 Å². The summed E-state index contributed by atoms with van der Waals surface area (Å²) in [5, 5.41) is 12.5. The number of phenolic OH excluding ortho intramolecular Hbond substituents is 1. The van der Waals surface area contributed by atoms with E-state index in [-0.39, 0.29) is 33.1 Å². The SMILES string of the molecule is CCC(Oc1ccc(C(C)(C)CC)cc1C(C)(C)CC)C(=O)Nc1cc(O)cc(N(F)C(C)=O)c1. The van der Waals surface area contributed by atoms with Crippen LogP contribution in [0.5, 0.6) is 11.5 Å². The number of carbonyl (C=O) groups is 2. The normalized spacial score (nSPS) is 12.7. The van der Waals surface area contributed by atoms with Crippen LogP contribution in [0.4, 0.5) is 15.9 Å². The van der Waals surface area contributed by atoms with Gasteiger partial charge in [0.2, 0.25) is 0 Å². The Balaban J connectivity index is 2.37. The lowest BCUT2D eigenvalue weighted by Gasteiger charge is -2.31. The smallest absolute Gasteiger partial charge is 0.265 e. The van der Waals surface area contributed by atoms with Crippen LogP contribution < -0.4 is 15.2 Å². The molecule has 0 saturated heterocycles. The Morgan fingerprint density at radius 3 is 2.20 bits per heavy atom. The van der Waals surface area contributed by atoms with Crippen molar-refractivity contribution in [2.45, 2.75) is 91.6 Å². The zero-order chi connectivity index (χ0) is 26.6. The van der Waals surface area contributed by atoms with Crippen LogP contribution in [0.3, 0.4) is 0 Å². The van der Waals surface area contributed by atoms with E-state index in [1.54, 1.807) is 0 Å². The number of phenols is 1. The maximum absolute atomic E-state index is 14.0. The summed E-state index contributed by atoms with van der Waals surface area (Å²) in [6.07, 6.45) is 1.47. The van der Waals surface area contributed by atoms with Gasteiger partial charge in [-0.05, 0) is 47.8 Å². The van der Waals surface area contributed by atoms with E-state index in [1.807, 2.05) is 13.0 Å². The van der Waals surface area contributed by atoms with Crippen molar-refractivity contribution in [3.63, 3.8) is 0 Å². The second kappa shape index (κ2) is 11.1. The third-order valence-corrected chi connectivity index (χ3v) is 6.86. The molecule has 0 aliphatic heterocycles. The number of nitrogens with zero attached hydrogens (tertiary/aromatic N) is 1. The molecule has 35 heavy (non-hydrogen) atoms. The summed E-state index contributed by atoms with van der Waals surface area (Å²) >= 11 is 0. The maximum atomic E-state index is 14.0. The summed E-state index contributed by atoms with van der Waals surface area (Å²) in [5.74, 6) is -0.909. The molecular weight excluding hydrogens is 447 g/mol. The standard InChI is InChI=1S/C28H39FN2O4/c1-9-24(26(34)30-20-15-21(17-22(33)16-20)31(29)18(4)32)35-25-13-12-19(27(5,6)10-2)14-23(25)28(7,8)11-3/h12-17,24,33H,9-11H2,1-8H3,(H,30,34). The number of anilines is 2. The van der Waals surface area contributed by atoms with Crippen LogP contribution in [0.25, 0.3) is 0 Å². The molecular formula is C28H39FN2O4. The first kappa shape index (κ1) is 28.1. The Morgan fingerprint density at radius 1 is 1.03 bits per heavy atom. The molecule has 7 heteroatoms. The minimum Gasteiger partial charge on any atom is -0.508 e. The average Bonchev–Trinajstić information content (AvgIpc) is 2.81. The van der Waals surface area contributed by atoms with Crippen LogP contribution >= 0.6 is 0 Å². The van der Waals surface area contributed by atoms with Gasteiger partial charge in [0.15, 0.2) is 6.10 Å². The third-order valence-electron chi connectivity index (χ3n) is 6.86. The highest BCUT2D eigenvalue weighted by Gasteiger charge is 2.29. The molecule has 0 saturated carbocycles. The summed E-state index contributed by atoms with van der Waals surface area (Å²) in [5.41, 5.74) is 2.08. The van der Waals surface area contributed by atoms with Crippen molar-refractivity contribution in [2.75, 3.05) is 10.4 Å². The van der Waals surface area contributed by atoms with Crippen LogP contribution in [-0.2, 0) is 20.4 Å². The van der Waals surface area contributed by atoms with Crippen molar-refractivity contribution in [1.82, 2.24) is 0 Å². The topological polar surface area (TPSA) is 78.9 Å². The number of nitrogens with one attached hydrogen (secondary N) is 1. The lowest BCUT2D eigenvalue weighted by molar-refractivity contribution is -0.123. The van der Waals surface area contributed by atoms with E-state index < -0.39 is 17.9 Å². The Hall–Kier alpha value is -3.09. The van der Waals surface area contributed by atoms with Gasteiger partial charge < -0.3 is 15.2 Å². The number of aromatic hydroxyl groups is 1. The fourth-order valence-corrected chi connectivity index (χ4v) is 3.64. The molecule has 6 nitrogen and oxygen atoms in total. The number of amides is 2. The van der Waals surface area contributed by atoms with Gasteiger partial charge in [-0.3, -0.25) is 9.59 Å². The van der Waals surface area contributed by atoms with Gasteiger partial charge >= 0.3 is 0 Å². The zero-order valence-corrected chi connectivity index (χ0v) is 22.2. The summed E-state index contributed by atoms with van der Waals surface area (Å²) < 4.78 is 20.3. The van der Waals surface area contributed by atoms with Gasteiger partial charge in [0.1, 0.15) is 11.5 Å². The van der Waals surface area contributed by atoms with Gasteiger partial charge in [-0.2, -0.15) is 0 Å².